The van der Waals surface area contributed by atoms with E-state index in [4.69, 9.17) is 4.74 Å². The molecule has 100 valence electrons. The number of morpholine rings is 1. The molecule has 0 saturated carbocycles. The Morgan fingerprint density at radius 1 is 1.37 bits per heavy atom. The topological polar surface area (TPSA) is 48.3 Å². The number of nitriles is 1. The number of hydrogen-bond donors (Lipinski definition) is 1. The summed E-state index contributed by atoms with van der Waals surface area (Å²) in [6.45, 7) is 2.62. The molecule has 0 amide bonds. The van der Waals surface area contributed by atoms with E-state index >= 15 is 0 Å². The van der Waals surface area contributed by atoms with E-state index in [0.29, 0.717) is 12.2 Å². The summed E-state index contributed by atoms with van der Waals surface area (Å²) >= 11 is 0. The number of nitrogens with one attached hydrogen (secondary N) is 1. The predicted octanol–water partition coefficient (Wildman–Crippen LogP) is 1.65. The molecule has 0 spiro atoms. The molecule has 19 heavy (non-hydrogen) atoms. The van der Waals surface area contributed by atoms with Crippen LogP contribution in [0.1, 0.15) is 24.0 Å². The van der Waals surface area contributed by atoms with Crippen LogP contribution in [0.25, 0.3) is 0 Å². The van der Waals surface area contributed by atoms with Gasteiger partial charge in [-0.1, -0.05) is 6.07 Å². The molecule has 0 radical (unpaired) electrons. The van der Waals surface area contributed by atoms with Gasteiger partial charge in [0, 0.05) is 19.6 Å². The Morgan fingerprint density at radius 3 is 2.74 bits per heavy atom. The number of hydrogen-bond acceptors (Lipinski definition) is 4. The van der Waals surface area contributed by atoms with Crippen LogP contribution in [0.5, 0.6) is 0 Å². The van der Waals surface area contributed by atoms with Gasteiger partial charge in [0.2, 0.25) is 0 Å². The maximum atomic E-state index is 9.36. The molecule has 2 bridgehead atoms. The number of fused-ring (bicyclic) bond motifs is 2. The maximum absolute atomic E-state index is 9.36. The molecular formula is C15H19N3O. The molecule has 1 aromatic carbocycles. The van der Waals surface area contributed by atoms with Crippen LogP contribution < -0.4 is 10.2 Å². The van der Waals surface area contributed by atoms with E-state index in [-0.39, 0.29) is 0 Å². The lowest BCUT2D eigenvalue weighted by Crippen LogP contribution is -2.43. The number of benzene rings is 1. The fraction of sp³-hybridized carbons (Fsp3) is 0.533. The first-order valence-corrected chi connectivity index (χ1v) is 6.88. The van der Waals surface area contributed by atoms with E-state index < -0.39 is 0 Å². The second-order valence-corrected chi connectivity index (χ2v) is 5.36. The highest BCUT2D eigenvalue weighted by atomic mass is 16.5. The minimum absolute atomic E-state index is 0.349. The summed E-state index contributed by atoms with van der Waals surface area (Å²) in [5.74, 6) is 0. The van der Waals surface area contributed by atoms with E-state index in [1.54, 1.807) is 0 Å². The summed E-state index contributed by atoms with van der Waals surface area (Å²) in [4.78, 5) is 2.31. The molecule has 3 rings (SSSR count). The van der Waals surface area contributed by atoms with Gasteiger partial charge in [-0.3, -0.25) is 0 Å². The van der Waals surface area contributed by atoms with Gasteiger partial charge in [-0.15, -0.1) is 0 Å². The van der Waals surface area contributed by atoms with Crippen LogP contribution in [0.4, 0.5) is 5.69 Å². The van der Waals surface area contributed by atoms with Gasteiger partial charge in [-0.05, 0) is 37.6 Å². The average molecular weight is 257 g/mol. The zero-order chi connectivity index (χ0) is 13.2. The lowest BCUT2D eigenvalue weighted by molar-refractivity contribution is 0.0305. The van der Waals surface area contributed by atoms with Crippen molar-refractivity contribution in [3.63, 3.8) is 0 Å². The molecule has 2 aliphatic rings. The van der Waals surface area contributed by atoms with Crippen LogP contribution in [0.3, 0.4) is 0 Å². The smallest absolute Gasteiger partial charge is 0.101 e. The molecule has 0 aliphatic carbocycles. The van der Waals surface area contributed by atoms with Crippen molar-refractivity contribution in [2.24, 2.45) is 0 Å². The van der Waals surface area contributed by atoms with Crippen molar-refractivity contribution in [3.8, 4) is 6.07 Å². The van der Waals surface area contributed by atoms with Crippen molar-refractivity contribution in [1.82, 2.24) is 5.32 Å². The molecule has 2 heterocycles. The fourth-order valence-corrected chi connectivity index (χ4v) is 3.07. The summed E-state index contributed by atoms with van der Waals surface area (Å²) < 4.78 is 5.85. The van der Waals surface area contributed by atoms with Crippen LogP contribution in [0, 0.1) is 11.3 Å². The normalized spacial score (nSPS) is 25.4. The minimum atomic E-state index is 0.349. The first kappa shape index (κ1) is 12.5. The fourth-order valence-electron chi connectivity index (χ4n) is 3.07. The minimum Gasteiger partial charge on any atom is -0.371 e. The highest BCUT2D eigenvalue weighted by Gasteiger charge is 2.34. The summed E-state index contributed by atoms with van der Waals surface area (Å²) in [5.41, 5.74) is 2.98. The van der Waals surface area contributed by atoms with Crippen LogP contribution >= 0.6 is 0 Å². The first-order chi connectivity index (χ1) is 9.30. The maximum Gasteiger partial charge on any atom is 0.101 e. The third kappa shape index (κ3) is 2.44. The standard InChI is InChI=1S/C15H19N3O/c1-17-8-11-2-5-15(12(6-11)7-16)18-9-13-3-4-14(10-18)19-13/h2,5-6,13-14,17H,3-4,8-10H2,1H3. The van der Waals surface area contributed by atoms with Gasteiger partial charge in [0.05, 0.1) is 23.5 Å². The summed E-state index contributed by atoms with van der Waals surface area (Å²) in [6, 6.07) is 8.50. The third-order valence-corrected chi connectivity index (χ3v) is 3.95. The van der Waals surface area contributed by atoms with E-state index in [1.165, 1.54) is 0 Å². The predicted molar refractivity (Wildman–Crippen MR) is 74.0 cm³/mol. The van der Waals surface area contributed by atoms with E-state index in [9.17, 15) is 5.26 Å². The van der Waals surface area contributed by atoms with E-state index in [0.717, 1.165) is 49.3 Å². The Labute approximate surface area is 114 Å². The summed E-state index contributed by atoms with van der Waals surface area (Å²) in [7, 11) is 1.92. The van der Waals surface area contributed by atoms with Gasteiger partial charge in [0.15, 0.2) is 0 Å². The van der Waals surface area contributed by atoms with Gasteiger partial charge in [0.1, 0.15) is 6.07 Å². The van der Waals surface area contributed by atoms with Gasteiger partial charge in [-0.2, -0.15) is 5.26 Å². The SMILES string of the molecule is CNCc1ccc(N2CC3CCC(C2)O3)c(C#N)c1. The molecule has 2 aliphatic heterocycles. The molecule has 2 saturated heterocycles. The monoisotopic (exact) mass is 257 g/mol. The van der Waals surface area contributed by atoms with Crippen molar-refractivity contribution in [3.05, 3.63) is 29.3 Å². The van der Waals surface area contributed by atoms with E-state index in [2.05, 4.69) is 28.4 Å². The average Bonchev–Trinajstić information content (AvgIpc) is 2.77. The molecule has 4 heteroatoms. The van der Waals surface area contributed by atoms with Gasteiger partial charge in [-0.25, -0.2) is 0 Å². The molecular weight excluding hydrogens is 238 g/mol. The molecule has 4 nitrogen and oxygen atoms in total. The Kier molecular flexibility index (Phi) is 3.41. The third-order valence-electron chi connectivity index (χ3n) is 3.95. The van der Waals surface area contributed by atoms with Crippen LogP contribution in [0.15, 0.2) is 18.2 Å². The number of ether oxygens (including phenoxy) is 1. The molecule has 1 aromatic rings. The Bertz CT molecular complexity index is 497. The molecule has 2 unspecified atom stereocenters. The lowest BCUT2D eigenvalue weighted by atomic mass is 10.1. The lowest BCUT2D eigenvalue weighted by Gasteiger charge is -2.34. The van der Waals surface area contributed by atoms with Crippen LogP contribution in [-0.2, 0) is 11.3 Å². The highest BCUT2D eigenvalue weighted by Crippen LogP contribution is 2.31. The first-order valence-electron chi connectivity index (χ1n) is 6.88. The molecule has 2 atom stereocenters. The van der Waals surface area contributed by atoms with Crippen molar-refractivity contribution in [2.45, 2.75) is 31.6 Å². The zero-order valence-corrected chi connectivity index (χ0v) is 11.2. The Morgan fingerprint density at radius 2 is 2.11 bits per heavy atom. The van der Waals surface area contributed by atoms with Gasteiger partial charge in [0.25, 0.3) is 0 Å². The second kappa shape index (κ2) is 5.20. The summed E-state index contributed by atoms with van der Waals surface area (Å²) in [5, 5.41) is 12.5. The number of rotatable bonds is 3. The van der Waals surface area contributed by atoms with Gasteiger partial charge < -0.3 is 15.0 Å². The van der Waals surface area contributed by atoms with Crippen molar-refractivity contribution < 1.29 is 4.74 Å². The number of anilines is 1. The Balaban J connectivity index is 1.86. The molecule has 1 N–H and O–H groups in total. The van der Waals surface area contributed by atoms with Crippen LogP contribution in [0.2, 0.25) is 0 Å². The van der Waals surface area contributed by atoms with Crippen molar-refractivity contribution in [1.29, 1.82) is 5.26 Å². The largest absolute Gasteiger partial charge is 0.371 e. The molecule has 0 aromatic heterocycles. The Hall–Kier alpha value is -1.57. The van der Waals surface area contributed by atoms with E-state index in [1.807, 2.05) is 13.1 Å². The number of nitrogens with zero attached hydrogens (tertiary/aromatic N) is 2. The van der Waals surface area contributed by atoms with Crippen LogP contribution in [-0.4, -0.2) is 32.3 Å². The summed E-state index contributed by atoms with van der Waals surface area (Å²) in [6.07, 6.45) is 3.01. The van der Waals surface area contributed by atoms with Crippen molar-refractivity contribution in [2.75, 3.05) is 25.0 Å². The quantitative estimate of drug-likeness (QED) is 0.894. The highest BCUT2D eigenvalue weighted by molar-refractivity contribution is 5.61. The molecule has 2 fully saturated rings. The second-order valence-electron chi connectivity index (χ2n) is 5.36. The zero-order valence-electron chi connectivity index (χ0n) is 11.2. The van der Waals surface area contributed by atoms with Gasteiger partial charge >= 0.3 is 0 Å². The van der Waals surface area contributed by atoms with Crippen molar-refractivity contribution >= 4 is 5.69 Å².